The quantitative estimate of drug-likeness (QED) is 0.828. The Hall–Kier alpha value is -1.65. The van der Waals surface area contributed by atoms with Crippen molar-refractivity contribution in [3.63, 3.8) is 0 Å². The van der Waals surface area contributed by atoms with Gasteiger partial charge in [-0.25, -0.2) is 8.78 Å². The van der Waals surface area contributed by atoms with E-state index in [2.05, 4.69) is 4.74 Å². The summed E-state index contributed by atoms with van der Waals surface area (Å²) in [6.45, 7) is 1.75. The van der Waals surface area contributed by atoms with Gasteiger partial charge in [-0.05, 0) is 24.0 Å². The number of methoxy groups -OCH3 is 1. The minimum atomic E-state index is -0.887. The number of hydrogen-bond acceptors (Lipinski definition) is 3. The first kappa shape index (κ1) is 13.4. The number of carbonyl (C=O) groups excluding carboxylic acids is 1. The Morgan fingerprint density at radius 1 is 1.47 bits per heavy atom. The molecule has 0 aliphatic rings. The summed E-state index contributed by atoms with van der Waals surface area (Å²) in [6, 6.07) is 1.69. The molecule has 0 bridgehead atoms. The molecule has 0 spiro atoms. The van der Waals surface area contributed by atoms with E-state index in [1.54, 1.807) is 6.92 Å². The number of esters is 1. The van der Waals surface area contributed by atoms with Crippen LogP contribution in [0.15, 0.2) is 12.1 Å². The van der Waals surface area contributed by atoms with Crippen LogP contribution in [0.1, 0.15) is 31.2 Å². The van der Waals surface area contributed by atoms with Crippen molar-refractivity contribution >= 4 is 5.97 Å². The van der Waals surface area contributed by atoms with Crippen molar-refractivity contribution in [1.29, 1.82) is 0 Å². The van der Waals surface area contributed by atoms with Gasteiger partial charge in [0, 0.05) is 6.07 Å². The highest BCUT2D eigenvalue weighted by Crippen LogP contribution is 2.31. The second-order valence-corrected chi connectivity index (χ2v) is 3.71. The molecule has 0 fully saturated rings. The van der Waals surface area contributed by atoms with Gasteiger partial charge in [0.05, 0.1) is 13.5 Å². The molecule has 1 N–H and O–H groups in total. The maximum Gasteiger partial charge on any atom is 0.306 e. The molecule has 0 amide bonds. The van der Waals surface area contributed by atoms with Gasteiger partial charge in [0.15, 0.2) is 11.6 Å². The summed E-state index contributed by atoms with van der Waals surface area (Å²) in [6.07, 6.45) is 0.391. The van der Waals surface area contributed by atoms with Gasteiger partial charge in [-0.15, -0.1) is 0 Å². The molecule has 0 aromatic heterocycles. The Morgan fingerprint density at radius 3 is 2.65 bits per heavy atom. The average Bonchev–Trinajstić information content (AvgIpc) is 2.30. The van der Waals surface area contributed by atoms with E-state index in [-0.39, 0.29) is 12.0 Å². The fourth-order valence-electron chi connectivity index (χ4n) is 1.65. The minimum Gasteiger partial charge on any atom is -0.505 e. The average molecular weight is 244 g/mol. The van der Waals surface area contributed by atoms with E-state index in [1.165, 1.54) is 7.11 Å². The van der Waals surface area contributed by atoms with Gasteiger partial charge < -0.3 is 9.84 Å². The van der Waals surface area contributed by atoms with Gasteiger partial charge in [-0.3, -0.25) is 4.79 Å². The number of aromatic hydroxyl groups is 1. The summed E-state index contributed by atoms with van der Waals surface area (Å²) in [7, 11) is 1.23. The summed E-state index contributed by atoms with van der Waals surface area (Å²) in [5.41, 5.74) is -0.00426. The van der Waals surface area contributed by atoms with Crippen LogP contribution in [0, 0.1) is 11.6 Å². The van der Waals surface area contributed by atoms with E-state index in [4.69, 9.17) is 0 Å². The van der Waals surface area contributed by atoms with E-state index in [0.29, 0.717) is 12.5 Å². The van der Waals surface area contributed by atoms with Crippen molar-refractivity contribution in [2.45, 2.75) is 25.7 Å². The Kier molecular flexibility index (Phi) is 4.43. The van der Waals surface area contributed by atoms with Crippen molar-refractivity contribution in [2.24, 2.45) is 0 Å². The van der Waals surface area contributed by atoms with E-state index in [0.717, 1.165) is 6.07 Å². The molecule has 0 radical (unpaired) electrons. The Labute approximate surface area is 98.0 Å². The third kappa shape index (κ3) is 3.15. The molecule has 17 heavy (non-hydrogen) atoms. The first-order valence-corrected chi connectivity index (χ1v) is 5.24. The Bertz CT molecular complexity index is 418. The normalized spacial score (nSPS) is 12.2. The highest BCUT2D eigenvalue weighted by atomic mass is 19.1. The van der Waals surface area contributed by atoms with E-state index in [1.807, 2.05) is 0 Å². The molecule has 0 aliphatic carbocycles. The number of rotatable bonds is 4. The maximum absolute atomic E-state index is 13.6. The van der Waals surface area contributed by atoms with Gasteiger partial charge in [0.1, 0.15) is 5.82 Å². The first-order valence-electron chi connectivity index (χ1n) is 5.24. The Morgan fingerprint density at radius 2 is 2.12 bits per heavy atom. The van der Waals surface area contributed by atoms with Gasteiger partial charge in [-0.1, -0.05) is 6.92 Å². The predicted molar refractivity (Wildman–Crippen MR) is 57.7 cm³/mol. The molecule has 5 heteroatoms. The summed E-state index contributed by atoms with van der Waals surface area (Å²) < 4.78 is 31.2. The highest BCUT2D eigenvalue weighted by molar-refractivity contribution is 5.70. The second kappa shape index (κ2) is 5.61. The molecule has 0 unspecified atom stereocenters. The predicted octanol–water partition coefficient (Wildman–Crippen LogP) is 2.73. The summed E-state index contributed by atoms with van der Waals surface area (Å²) in [5.74, 6) is -3.38. The fraction of sp³-hybridized carbons (Fsp3) is 0.417. The number of hydrogen-bond donors (Lipinski definition) is 1. The van der Waals surface area contributed by atoms with E-state index >= 15 is 0 Å². The molecular formula is C12H14F2O3. The van der Waals surface area contributed by atoms with Gasteiger partial charge >= 0.3 is 5.97 Å². The minimum absolute atomic E-state index is 0.00426. The van der Waals surface area contributed by atoms with Crippen molar-refractivity contribution < 1.29 is 23.4 Å². The van der Waals surface area contributed by atoms with Crippen LogP contribution in [0.25, 0.3) is 0 Å². The lowest BCUT2D eigenvalue weighted by Gasteiger charge is -2.15. The first-order chi connectivity index (χ1) is 7.99. The van der Waals surface area contributed by atoms with Crippen molar-refractivity contribution in [3.05, 3.63) is 29.3 Å². The number of phenols is 1. The Balaban J connectivity index is 3.07. The summed E-state index contributed by atoms with van der Waals surface area (Å²) in [5, 5.41) is 9.19. The molecule has 1 atom stereocenters. The molecule has 0 saturated carbocycles. The molecule has 0 saturated heterocycles. The number of ether oxygens (including phenoxy) is 1. The molecule has 3 nitrogen and oxygen atoms in total. The smallest absolute Gasteiger partial charge is 0.306 e. The molecule has 1 rings (SSSR count). The maximum atomic E-state index is 13.6. The third-order valence-electron chi connectivity index (χ3n) is 2.62. The van der Waals surface area contributed by atoms with Crippen LogP contribution in [0.5, 0.6) is 5.75 Å². The largest absolute Gasteiger partial charge is 0.505 e. The second-order valence-electron chi connectivity index (χ2n) is 3.71. The zero-order valence-electron chi connectivity index (χ0n) is 9.67. The van der Waals surface area contributed by atoms with Crippen molar-refractivity contribution in [1.82, 2.24) is 0 Å². The summed E-state index contributed by atoms with van der Waals surface area (Å²) in [4.78, 5) is 11.1. The molecule has 1 aromatic rings. The zero-order valence-corrected chi connectivity index (χ0v) is 9.67. The van der Waals surface area contributed by atoms with Gasteiger partial charge in [0.25, 0.3) is 0 Å². The number of halogens is 2. The molecule has 0 heterocycles. The molecule has 94 valence electrons. The van der Waals surface area contributed by atoms with Crippen LogP contribution in [-0.2, 0) is 9.53 Å². The third-order valence-corrected chi connectivity index (χ3v) is 2.62. The standard InChI is InChI=1S/C12H14F2O3/c1-3-7(4-11(16)17-2)9-5-8(13)6-10(15)12(9)14/h5-7,15H,3-4H2,1-2H3/t7-/m1/s1. The van der Waals surface area contributed by atoms with Gasteiger partial charge in [-0.2, -0.15) is 0 Å². The van der Waals surface area contributed by atoms with Crippen LogP contribution in [-0.4, -0.2) is 18.2 Å². The van der Waals surface area contributed by atoms with Crippen LogP contribution >= 0.6 is 0 Å². The number of carbonyl (C=O) groups is 1. The number of phenolic OH excluding ortho intramolecular Hbond substituents is 1. The van der Waals surface area contributed by atoms with Crippen LogP contribution in [0.2, 0.25) is 0 Å². The van der Waals surface area contributed by atoms with E-state index < -0.39 is 29.3 Å². The van der Waals surface area contributed by atoms with Crippen LogP contribution in [0.3, 0.4) is 0 Å². The SMILES string of the molecule is CC[C@H](CC(=O)OC)c1cc(F)cc(O)c1F. The lowest BCUT2D eigenvalue weighted by atomic mass is 9.92. The number of benzene rings is 1. The zero-order chi connectivity index (χ0) is 13.0. The van der Waals surface area contributed by atoms with Crippen LogP contribution in [0.4, 0.5) is 8.78 Å². The molecular weight excluding hydrogens is 230 g/mol. The monoisotopic (exact) mass is 244 g/mol. The highest BCUT2D eigenvalue weighted by Gasteiger charge is 2.21. The van der Waals surface area contributed by atoms with E-state index in [9.17, 15) is 18.7 Å². The van der Waals surface area contributed by atoms with Crippen molar-refractivity contribution in [2.75, 3.05) is 7.11 Å². The summed E-state index contributed by atoms with van der Waals surface area (Å²) >= 11 is 0. The fourth-order valence-corrected chi connectivity index (χ4v) is 1.65. The van der Waals surface area contributed by atoms with Crippen LogP contribution < -0.4 is 0 Å². The van der Waals surface area contributed by atoms with Gasteiger partial charge in [0.2, 0.25) is 0 Å². The molecule has 1 aromatic carbocycles. The molecule has 0 aliphatic heterocycles. The lowest BCUT2D eigenvalue weighted by molar-refractivity contribution is -0.141. The van der Waals surface area contributed by atoms with Crippen molar-refractivity contribution in [3.8, 4) is 5.75 Å². The lowest BCUT2D eigenvalue weighted by Crippen LogP contribution is -2.10. The topological polar surface area (TPSA) is 46.5 Å².